The Morgan fingerprint density at radius 1 is 1.33 bits per heavy atom. The van der Waals surface area contributed by atoms with Crippen molar-refractivity contribution in [1.82, 2.24) is 30.3 Å². The number of hydrogen-bond donors (Lipinski definition) is 2. The average molecular weight is 447 g/mol. The van der Waals surface area contributed by atoms with Gasteiger partial charge in [-0.1, -0.05) is 0 Å². The third kappa shape index (κ3) is 4.81. The summed E-state index contributed by atoms with van der Waals surface area (Å²) in [6.07, 6.45) is 4.36. The first-order valence-electron chi connectivity index (χ1n) is 8.22. The van der Waals surface area contributed by atoms with Crippen LogP contribution in [0.15, 0.2) is 4.99 Å². The Morgan fingerprint density at radius 3 is 2.75 bits per heavy atom. The van der Waals surface area contributed by atoms with Gasteiger partial charge in [-0.15, -0.1) is 24.0 Å². The van der Waals surface area contributed by atoms with Crippen molar-refractivity contribution in [3.63, 3.8) is 0 Å². The van der Waals surface area contributed by atoms with Crippen molar-refractivity contribution in [1.29, 1.82) is 0 Å². The molecule has 1 atom stereocenters. The van der Waals surface area contributed by atoms with Crippen LogP contribution in [0.25, 0.3) is 0 Å². The summed E-state index contributed by atoms with van der Waals surface area (Å²) in [6, 6.07) is 0.559. The topological polar surface area (TPSA) is 87.4 Å². The summed E-state index contributed by atoms with van der Waals surface area (Å²) in [5.41, 5.74) is 0. The van der Waals surface area contributed by atoms with E-state index in [4.69, 9.17) is 0 Å². The standard InChI is InChI=1S/C15H25N7O.HI/c1-10-17-14-12(5-4-8-22(14)20-10)19-15(18-11-6-7-11)16-9-13(23)21(2)3;/h11-12H,4-9H2,1-3H3,(H2,16,18,19);1H. The highest BCUT2D eigenvalue weighted by Gasteiger charge is 2.27. The van der Waals surface area contributed by atoms with Gasteiger partial charge in [0.2, 0.25) is 5.91 Å². The number of aryl methyl sites for hydroxylation is 2. The molecule has 2 N–H and O–H groups in total. The molecule has 1 unspecified atom stereocenters. The highest BCUT2D eigenvalue weighted by atomic mass is 127. The number of rotatable bonds is 4. The average Bonchev–Trinajstić information content (AvgIpc) is 3.23. The van der Waals surface area contributed by atoms with Crippen molar-refractivity contribution in [3.8, 4) is 0 Å². The molecule has 1 aromatic heterocycles. The third-order valence-electron chi connectivity index (χ3n) is 4.08. The van der Waals surface area contributed by atoms with E-state index in [-0.39, 0.29) is 42.5 Å². The Bertz CT molecular complexity index is 609. The second-order valence-corrected chi connectivity index (χ2v) is 6.45. The SMILES string of the molecule is Cc1nc2n(n1)CCCC2NC(=NCC(=O)N(C)C)NC1CC1.I. The monoisotopic (exact) mass is 447 g/mol. The van der Waals surface area contributed by atoms with Crippen molar-refractivity contribution in [3.05, 3.63) is 11.6 Å². The number of aliphatic imine (C=N–C) groups is 1. The molecule has 1 saturated carbocycles. The quantitative estimate of drug-likeness (QED) is 0.406. The zero-order valence-electron chi connectivity index (χ0n) is 14.4. The van der Waals surface area contributed by atoms with Gasteiger partial charge in [-0.25, -0.2) is 14.7 Å². The summed E-state index contributed by atoms with van der Waals surface area (Å²) in [5.74, 6) is 2.44. The number of likely N-dealkylation sites (N-methyl/N-ethyl adjacent to an activating group) is 1. The number of fused-ring (bicyclic) bond motifs is 1. The molecule has 1 fully saturated rings. The van der Waals surface area contributed by atoms with Crippen molar-refractivity contribution in [2.24, 2.45) is 4.99 Å². The number of amides is 1. The molecular formula is C15H26IN7O. The Labute approximate surface area is 159 Å². The minimum atomic E-state index is -0.00967. The Balaban J connectivity index is 0.00000208. The van der Waals surface area contributed by atoms with Crippen LogP contribution in [0.5, 0.6) is 0 Å². The van der Waals surface area contributed by atoms with E-state index in [9.17, 15) is 4.79 Å². The minimum Gasteiger partial charge on any atom is -0.354 e. The lowest BCUT2D eigenvalue weighted by molar-refractivity contribution is -0.127. The van der Waals surface area contributed by atoms with E-state index in [0.717, 1.165) is 43.9 Å². The first kappa shape index (κ1) is 18.9. The molecule has 1 amide bonds. The number of carbonyl (C=O) groups excluding carboxylic acids is 1. The van der Waals surface area contributed by atoms with Gasteiger partial charge in [-0.05, 0) is 32.6 Å². The molecule has 8 nitrogen and oxygen atoms in total. The molecule has 24 heavy (non-hydrogen) atoms. The Morgan fingerprint density at radius 2 is 2.08 bits per heavy atom. The predicted octanol–water partition coefficient (Wildman–Crippen LogP) is 0.825. The predicted molar refractivity (Wildman–Crippen MR) is 102 cm³/mol. The fraction of sp³-hybridized carbons (Fsp3) is 0.733. The van der Waals surface area contributed by atoms with Crippen LogP contribution < -0.4 is 10.6 Å². The van der Waals surface area contributed by atoms with Gasteiger partial charge in [-0.3, -0.25) is 4.79 Å². The summed E-state index contributed by atoms with van der Waals surface area (Å²) in [6.45, 7) is 2.97. The summed E-state index contributed by atoms with van der Waals surface area (Å²) in [5, 5.41) is 11.2. The zero-order chi connectivity index (χ0) is 16.4. The Kier molecular flexibility index (Phi) is 6.41. The van der Waals surface area contributed by atoms with Crippen molar-refractivity contribution in [2.75, 3.05) is 20.6 Å². The summed E-state index contributed by atoms with van der Waals surface area (Å²) in [7, 11) is 3.48. The summed E-state index contributed by atoms with van der Waals surface area (Å²) < 4.78 is 1.97. The van der Waals surface area contributed by atoms with Crippen LogP contribution in [0.2, 0.25) is 0 Å². The van der Waals surface area contributed by atoms with Gasteiger partial charge in [0.1, 0.15) is 18.2 Å². The zero-order valence-corrected chi connectivity index (χ0v) is 16.8. The van der Waals surface area contributed by atoms with E-state index in [1.165, 1.54) is 0 Å². The van der Waals surface area contributed by atoms with E-state index >= 15 is 0 Å². The number of nitrogens with one attached hydrogen (secondary N) is 2. The van der Waals surface area contributed by atoms with Gasteiger partial charge in [0.25, 0.3) is 0 Å². The molecule has 1 aliphatic carbocycles. The van der Waals surface area contributed by atoms with E-state index in [2.05, 4.69) is 25.7 Å². The lowest BCUT2D eigenvalue weighted by Crippen LogP contribution is -2.43. The number of nitrogens with zero attached hydrogens (tertiary/aromatic N) is 5. The molecule has 0 saturated heterocycles. The molecular weight excluding hydrogens is 421 g/mol. The largest absolute Gasteiger partial charge is 0.354 e. The summed E-state index contributed by atoms with van der Waals surface area (Å²) >= 11 is 0. The lowest BCUT2D eigenvalue weighted by atomic mass is 10.1. The maximum absolute atomic E-state index is 11.8. The molecule has 1 aromatic rings. The van der Waals surface area contributed by atoms with Crippen LogP contribution in [0.4, 0.5) is 0 Å². The lowest BCUT2D eigenvalue weighted by Gasteiger charge is -2.25. The van der Waals surface area contributed by atoms with E-state index < -0.39 is 0 Å². The van der Waals surface area contributed by atoms with Gasteiger partial charge in [0, 0.05) is 26.7 Å². The maximum atomic E-state index is 11.8. The second-order valence-electron chi connectivity index (χ2n) is 6.45. The number of hydrogen-bond acceptors (Lipinski definition) is 4. The van der Waals surface area contributed by atoms with Crippen LogP contribution in [-0.2, 0) is 11.3 Å². The molecule has 2 aliphatic rings. The molecule has 0 radical (unpaired) electrons. The van der Waals surface area contributed by atoms with E-state index in [1.807, 2.05) is 11.6 Å². The second kappa shape index (κ2) is 8.13. The van der Waals surface area contributed by atoms with Gasteiger partial charge in [-0.2, -0.15) is 5.10 Å². The van der Waals surface area contributed by atoms with Crippen LogP contribution in [0.1, 0.15) is 43.4 Å². The third-order valence-corrected chi connectivity index (χ3v) is 4.08. The molecule has 134 valence electrons. The maximum Gasteiger partial charge on any atom is 0.243 e. The van der Waals surface area contributed by atoms with Crippen LogP contribution in [0.3, 0.4) is 0 Å². The normalized spacial score (nSPS) is 20.0. The fourth-order valence-electron chi connectivity index (χ4n) is 2.61. The summed E-state index contributed by atoms with van der Waals surface area (Å²) in [4.78, 5) is 22.3. The van der Waals surface area contributed by atoms with Crippen molar-refractivity contribution >= 4 is 35.8 Å². The number of aromatic nitrogens is 3. The minimum absolute atomic E-state index is 0. The van der Waals surface area contributed by atoms with E-state index in [1.54, 1.807) is 19.0 Å². The number of guanidine groups is 1. The molecule has 3 rings (SSSR count). The molecule has 9 heteroatoms. The van der Waals surface area contributed by atoms with Gasteiger partial charge in [0.15, 0.2) is 5.96 Å². The van der Waals surface area contributed by atoms with Crippen molar-refractivity contribution < 1.29 is 4.79 Å². The molecule has 1 aliphatic heterocycles. The molecule has 2 heterocycles. The molecule has 0 aromatic carbocycles. The molecule has 0 spiro atoms. The highest BCUT2D eigenvalue weighted by Crippen LogP contribution is 2.23. The molecule has 0 bridgehead atoms. The van der Waals surface area contributed by atoms with E-state index in [0.29, 0.717) is 12.0 Å². The fourth-order valence-corrected chi connectivity index (χ4v) is 2.61. The first-order chi connectivity index (χ1) is 11.0. The smallest absolute Gasteiger partial charge is 0.243 e. The van der Waals surface area contributed by atoms with Crippen LogP contribution >= 0.6 is 24.0 Å². The van der Waals surface area contributed by atoms with Crippen LogP contribution in [0, 0.1) is 6.92 Å². The van der Waals surface area contributed by atoms with Crippen molar-refractivity contribution in [2.45, 2.75) is 51.2 Å². The number of halogens is 1. The number of carbonyl (C=O) groups is 1. The van der Waals surface area contributed by atoms with Gasteiger partial charge in [0.05, 0.1) is 6.04 Å². The first-order valence-corrected chi connectivity index (χ1v) is 8.22. The Hall–Kier alpha value is -1.39. The van der Waals surface area contributed by atoms with Gasteiger partial charge < -0.3 is 15.5 Å². The van der Waals surface area contributed by atoms with Crippen LogP contribution in [-0.4, -0.2) is 58.2 Å². The highest BCUT2D eigenvalue weighted by molar-refractivity contribution is 14.0. The van der Waals surface area contributed by atoms with Gasteiger partial charge >= 0.3 is 0 Å².